The Morgan fingerprint density at radius 2 is 1.41 bits per heavy atom. The van der Waals surface area contributed by atoms with E-state index in [1.54, 1.807) is 57.4 Å². The van der Waals surface area contributed by atoms with Crippen LogP contribution in [-0.2, 0) is 10.0 Å². The second kappa shape index (κ2) is 9.44. The molecule has 1 heterocycles. The smallest absolute Gasteiger partial charge is 0.244 e. The third-order valence-corrected chi connectivity index (χ3v) is 8.67. The van der Waals surface area contributed by atoms with E-state index in [0.717, 1.165) is 16.7 Å². The van der Waals surface area contributed by atoms with E-state index < -0.39 is 15.4 Å². The number of sulfonamides is 1. The molecule has 3 aromatic rings. The lowest BCUT2D eigenvalue weighted by Gasteiger charge is -2.25. The van der Waals surface area contributed by atoms with Crippen LogP contribution in [0.2, 0.25) is 0 Å². The summed E-state index contributed by atoms with van der Waals surface area (Å²) < 4.78 is 45.0. The fourth-order valence-corrected chi connectivity index (χ4v) is 7.02. The van der Waals surface area contributed by atoms with Gasteiger partial charge in [0.15, 0.2) is 11.5 Å². The van der Waals surface area contributed by atoms with E-state index in [1.807, 2.05) is 42.5 Å². The zero-order valence-corrected chi connectivity index (χ0v) is 19.8. The van der Waals surface area contributed by atoms with Crippen molar-refractivity contribution in [1.29, 1.82) is 0 Å². The zero-order chi connectivity index (χ0) is 22.7. The van der Waals surface area contributed by atoms with Crippen molar-refractivity contribution in [2.75, 3.05) is 33.6 Å². The third-order valence-electron chi connectivity index (χ3n) is 5.42. The highest BCUT2D eigenvalue weighted by Gasteiger charge is 2.38. The molecule has 0 spiro atoms. The van der Waals surface area contributed by atoms with Crippen LogP contribution in [0.15, 0.2) is 71.6 Å². The van der Waals surface area contributed by atoms with Crippen molar-refractivity contribution < 1.29 is 22.6 Å². The molecule has 1 fully saturated rings. The molecule has 0 aromatic heterocycles. The van der Waals surface area contributed by atoms with E-state index in [1.165, 1.54) is 4.31 Å². The molecule has 1 saturated heterocycles. The summed E-state index contributed by atoms with van der Waals surface area (Å²) in [6.07, 6.45) is 0. The van der Waals surface area contributed by atoms with Crippen LogP contribution in [0.1, 0.15) is 10.9 Å². The first-order valence-corrected chi connectivity index (χ1v) is 12.6. The largest absolute Gasteiger partial charge is 0.496 e. The fourth-order valence-electron chi connectivity index (χ4n) is 3.78. The molecule has 0 bridgehead atoms. The van der Waals surface area contributed by atoms with Gasteiger partial charge in [0.1, 0.15) is 5.75 Å². The molecular weight excluding hydrogens is 446 g/mol. The Morgan fingerprint density at radius 3 is 2.03 bits per heavy atom. The highest BCUT2D eigenvalue weighted by molar-refractivity contribution is 8.01. The molecule has 3 aromatic carbocycles. The maximum atomic E-state index is 13.6. The summed E-state index contributed by atoms with van der Waals surface area (Å²) in [4.78, 5) is 0.268. The van der Waals surface area contributed by atoms with Crippen LogP contribution < -0.4 is 14.2 Å². The number of hydrogen-bond donors (Lipinski definition) is 0. The molecule has 0 radical (unpaired) electrons. The lowest BCUT2D eigenvalue weighted by molar-refractivity contribution is 0.344. The minimum atomic E-state index is -3.71. The summed E-state index contributed by atoms with van der Waals surface area (Å²) in [7, 11) is 0.958. The number of benzene rings is 3. The van der Waals surface area contributed by atoms with Crippen LogP contribution in [0.5, 0.6) is 17.2 Å². The topological polar surface area (TPSA) is 65.1 Å². The van der Waals surface area contributed by atoms with Crippen LogP contribution in [-0.4, -0.2) is 46.4 Å². The van der Waals surface area contributed by atoms with Gasteiger partial charge in [-0.1, -0.05) is 42.5 Å². The molecule has 1 aliphatic rings. The Hall–Kier alpha value is -2.68. The normalized spacial score (nSPS) is 16.7. The molecule has 0 amide bonds. The molecule has 168 valence electrons. The van der Waals surface area contributed by atoms with Crippen LogP contribution in [0.4, 0.5) is 0 Å². The number of nitrogens with zero attached hydrogens (tertiary/aromatic N) is 1. The van der Waals surface area contributed by atoms with Gasteiger partial charge in [-0.05, 0) is 29.3 Å². The van der Waals surface area contributed by atoms with Gasteiger partial charge in [0, 0.05) is 23.9 Å². The lowest BCUT2D eigenvalue weighted by atomic mass is 10.1. The van der Waals surface area contributed by atoms with Gasteiger partial charge in [0.2, 0.25) is 10.0 Å². The summed E-state index contributed by atoms with van der Waals surface area (Å²) in [5.41, 5.74) is 2.75. The van der Waals surface area contributed by atoms with E-state index in [9.17, 15) is 8.42 Å². The van der Waals surface area contributed by atoms with Crippen LogP contribution in [0, 0.1) is 0 Å². The number of rotatable bonds is 7. The van der Waals surface area contributed by atoms with E-state index in [2.05, 4.69) is 0 Å². The summed E-state index contributed by atoms with van der Waals surface area (Å²) in [6, 6.07) is 20.4. The second-order valence-electron chi connectivity index (χ2n) is 7.18. The van der Waals surface area contributed by atoms with Gasteiger partial charge in [-0.25, -0.2) is 8.42 Å². The number of hydrogen-bond acceptors (Lipinski definition) is 6. The van der Waals surface area contributed by atoms with Crippen LogP contribution in [0.25, 0.3) is 11.1 Å². The Balaban J connectivity index is 1.69. The lowest BCUT2D eigenvalue weighted by Crippen LogP contribution is -2.30. The Kier molecular flexibility index (Phi) is 6.64. The van der Waals surface area contributed by atoms with Gasteiger partial charge in [-0.3, -0.25) is 0 Å². The van der Waals surface area contributed by atoms with Crippen molar-refractivity contribution in [2.24, 2.45) is 0 Å². The van der Waals surface area contributed by atoms with E-state index in [4.69, 9.17) is 14.2 Å². The second-order valence-corrected chi connectivity index (χ2v) is 10.3. The van der Waals surface area contributed by atoms with Crippen molar-refractivity contribution in [1.82, 2.24) is 4.31 Å². The fraction of sp³-hybridized carbons (Fsp3) is 0.250. The average molecular weight is 472 g/mol. The quantitative estimate of drug-likeness (QED) is 0.493. The summed E-state index contributed by atoms with van der Waals surface area (Å²) in [5.74, 6) is 2.30. The molecular formula is C24H25NO5S2. The van der Waals surface area contributed by atoms with Crippen molar-refractivity contribution in [2.45, 2.75) is 10.3 Å². The molecule has 0 unspecified atom stereocenters. The monoisotopic (exact) mass is 471 g/mol. The van der Waals surface area contributed by atoms with Crippen molar-refractivity contribution in [3.8, 4) is 28.4 Å². The SMILES string of the molecule is COc1cc(OC)c([C@@H]2SCCN2S(=O)(=O)c2ccc(-c3ccccc3)cc2)cc1OC. The molecule has 8 heteroatoms. The first-order chi connectivity index (χ1) is 15.5. The van der Waals surface area contributed by atoms with Crippen molar-refractivity contribution in [3.63, 3.8) is 0 Å². The zero-order valence-electron chi connectivity index (χ0n) is 18.1. The minimum Gasteiger partial charge on any atom is -0.496 e. The average Bonchev–Trinajstić information content (AvgIpc) is 3.34. The Labute approximate surface area is 193 Å². The molecule has 32 heavy (non-hydrogen) atoms. The summed E-state index contributed by atoms with van der Waals surface area (Å²) in [5, 5.41) is -0.427. The molecule has 6 nitrogen and oxygen atoms in total. The molecule has 4 rings (SSSR count). The predicted octanol–water partition coefficient (Wildman–Crippen LogP) is 4.82. The van der Waals surface area contributed by atoms with E-state index in [0.29, 0.717) is 29.5 Å². The highest BCUT2D eigenvalue weighted by Crippen LogP contribution is 2.47. The first-order valence-electron chi connectivity index (χ1n) is 10.1. The van der Waals surface area contributed by atoms with E-state index >= 15 is 0 Å². The van der Waals surface area contributed by atoms with Crippen molar-refractivity contribution in [3.05, 3.63) is 72.3 Å². The number of methoxy groups -OCH3 is 3. The number of thioether (sulfide) groups is 1. The molecule has 1 atom stereocenters. The molecule has 0 saturated carbocycles. The van der Waals surface area contributed by atoms with Crippen molar-refractivity contribution >= 4 is 21.8 Å². The summed E-state index contributed by atoms with van der Waals surface area (Å²) in [6.45, 7) is 0.412. The third kappa shape index (κ3) is 4.18. The van der Waals surface area contributed by atoms with E-state index in [-0.39, 0.29) is 4.90 Å². The molecule has 1 aliphatic heterocycles. The van der Waals surface area contributed by atoms with Gasteiger partial charge in [-0.2, -0.15) is 4.31 Å². The summed E-state index contributed by atoms with van der Waals surface area (Å²) >= 11 is 1.56. The predicted molar refractivity (Wildman–Crippen MR) is 127 cm³/mol. The minimum absolute atomic E-state index is 0.268. The standard InChI is InChI=1S/C24H25NO5S2/c1-28-21-16-23(30-3)22(29-2)15-20(21)24-25(13-14-31-24)32(26,27)19-11-9-18(10-12-19)17-7-5-4-6-8-17/h4-12,15-16,24H,13-14H2,1-3H3/t24-/m0/s1. The van der Waals surface area contributed by atoms with Crippen LogP contribution in [0.3, 0.4) is 0 Å². The van der Waals surface area contributed by atoms with Gasteiger partial charge in [0.05, 0.1) is 31.6 Å². The van der Waals surface area contributed by atoms with Gasteiger partial charge < -0.3 is 14.2 Å². The Bertz CT molecular complexity index is 1180. The molecule has 0 aliphatic carbocycles. The van der Waals surface area contributed by atoms with Gasteiger partial charge in [-0.15, -0.1) is 11.8 Å². The first kappa shape index (κ1) is 22.5. The van der Waals surface area contributed by atoms with Crippen LogP contribution >= 0.6 is 11.8 Å². The Morgan fingerprint density at radius 1 is 0.812 bits per heavy atom. The van der Waals surface area contributed by atoms with Gasteiger partial charge >= 0.3 is 0 Å². The highest BCUT2D eigenvalue weighted by atomic mass is 32.2. The maximum Gasteiger partial charge on any atom is 0.244 e. The molecule has 0 N–H and O–H groups in total. The number of ether oxygens (including phenoxy) is 3. The maximum absolute atomic E-state index is 13.6. The van der Waals surface area contributed by atoms with Gasteiger partial charge in [0.25, 0.3) is 0 Å².